The average Bonchev–Trinajstić information content (AvgIpc) is 2.63. The van der Waals surface area contributed by atoms with Gasteiger partial charge in [-0.3, -0.25) is 14.9 Å². The number of hydrogen-bond acceptors (Lipinski definition) is 5. The van der Waals surface area contributed by atoms with E-state index in [-0.39, 0.29) is 12.5 Å². The van der Waals surface area contributed by atoms with Crippen molar-refractivity contribution in [1.29, 1.82) is 0 Å². The van der Waals surface area contributed by atoms with Crippen LogP contribution in [0.1, 0.15) is 20.8 Å². The maximum atomic E-state index is 12.3. The fraction of sp³-hybridized carbons (Fsp3) is 0.500. The van der Waals surface area contributed by atoms with Crippen LogP contribution in [0.4, 0.5) is 10.5 Å². The normalized spacial score (nSPS) is 12.5. The van der Waals surface area contributed by atoms with Gasteiger partial charge in [0.05, 0.1) is 20.3 Å². The first kappa shape index (κ1) is 22.2. The van der Waals surface area contributed by atoms with Crippen LogP contribution >= 0.6 is 0 Å². The molecule has 9 heteroatoms. The number of carbonyl (C=O) groups excluding carboxylic acids is 3. The zero-order chi connectivity index (χ0) is 20.4. The number of rotatable bonds is 9. The molecule has 0 heterocycles. The molecule has 0 aliphatic heterocycles. The lowest BCUT2D eigenvalue weighted by molar-refractivity contribution is -0.885. The standard InChI is InChI=1S/C18H28N4O5/c1-6-26-14-9-8-13(10-15(14)27-7-2)20-16(23)11-22(5)12(3)17(24)21-18(25)19-4/h8-10,12H,6-7,11H2,1-5H3,(H,20,23)(H2,19,21,24,25)/p+1/t12-/m1/s1. The lowest BCUT2D eigenvalue weighted by Gasteiger charge is -2.20. The lowest BCUT2D eigenvalue weighted by Crippen LogP contribution is -3.15. The molecule has 1 aromatic carbocycles. The number of nitrogens with one attached hydrogen (secondary N) is 4. The van der Waals surface area contributed by atoms with Crippen molar-refractivity contribution in [2.24, 2.45) is 0 Å². The topological polar surface area (TPSA) is 110 Å². The second kappa shape index (κ2) is 11.0. The first-order valence-electron chi connectivity index (χ1n) is 8.86. The Hall–Kier alpha value is -2.81. The number of hydrogen-bond donors (Lipinski definition) is 4. The van der Waals surface area contributed by atoms with E-state index in [1.807, 2.05) is 13.8 Å². The molecule has 0 aliphatic rings. The zero-order valence-corrected chi connectivity index (χ0v) is 16.5. The summed E-state index contributed by atoms with van der Waals surface area (Å²) in [6.45, 7) is 6.43. The molecular weight excluding hydrogens is 352 g/mol. The van der Waals surface area contributed by atoms with E-state index in [9.17, 15) is 14.4 Å². The highest BCUT2D eigenvalue weighted by Gasteiger charge is 2.25. The Morgan fingerprint density at radius 3 is 2.33 bits per heavy atom. The fourth-order valence-electron chi connectivity index (χ4n) is 2.25. The Balaban J connectivity index is 2.69. The van der Waals surface area contributed by atoms with Gasteiger partial charge in [-0.25, -0.2) is 4.79 Å². The summed E-state index contributed by atoms with van der Waals surface area (Å²) in [6, 6.07) is 4.00. The predicted octanol–water partition coefficient (Wildman–Crippen LogP) is -0.219. The van der Waals surface area contributed by atoms with Crippen molar-refractivity contribution < 1.29 is 28.8 Å². The molecule has 0 aliphatic carbocycles. The van der Waals surface area contributed by atoms with Gasteiger partial charge in [-0.05, 0) is 32.9 Å². The van der Waals surface area contributed by atoms with Gasteiger partial charge in [0.2, 0.25) is 0 Å². The monoisotopic (exact) mass is 381 g/mol. The summed E-state index contributed by atoms with van der Waals surface area (Å²) in [5.74, 6) is 0.439. The molecule has 27 heavy (non-hydrogen) atoms. The quantitative estimate of drug-likeness (QED) is 0.473. The minimum Gasteiger partial charge on any atom is -0.490 e. The van der Waals surface area contributed by atoms with Crippen LogP contribution in [-0.4, -0.2) is 57.7 Å². The summed E-state index contributed by atoms with van der Waals surface area (Å²) < 4.78 is 11.0. The third-order valence-corrected chi connectivity index (χ3v) is 3.86. The van der Waals surface area contributed by atoms with Gasteiger partial charge in [0, 0.05) is 18.8 Å². The number of quaternary nitrogens is 1. The highest BCUT2D eigenvalue weighted by Crippen LogP contribution is 2.30. The van der Waals surface area contributed by atoms with Crippen LogP contribution in [0.2, 0.25) is 0 Å². The number of urea groups is 1. The molecule has 4 N–H and O–H groups in total. The van der Waals surface area contributed by atoms with Crippen LogP contribution in [0.25, 0.3) is 0 Å². The summed E-state index contributed by atoms with van der Waals surface area (Å²) in [7, 11) is 3.13. The third-order valence-electron chi connectivity index (χ3n) is 3.86. The molecule has 1 aromatic rings. The Labute approximate surface area is 159 Å². The molecule has 0 fully saturated rings. The first-order chi connectivity index (χ1) is 12.8. The van der Waals surface area contributed by atoms with Gasteiger partial charge in [0.1, 0.15) is 0 Å². The largest absolute Gasteiger partial charge is 0.490 e. The first-order valence-corrected chi connectivity index (χ1v) is 8.86. The van der Waals surface area contributed by atoms with Crippen LogP contribution in [0.5, 0.6) is 11.5 Å². The number of benzene rings is 1. The molecule has 0 bridgehead atoms. The van der Waals surface area contributed by atoms with Crippen molar-refractivity contribution in [3.8, 4) is 11.5 Å². The molecular formula is C18H29N4O5+. The number of carbonyl (C=O) groups is 3. The molecule has 150 valence electrons. The molecule has 1 rings (SSSR count). The van der Waals surface area contributed by atoms with E-state index >= 15 is 0 Å². The zero-order valence-electron chi connectivity index (χ0n) is 16.5. The molecule has 0 radical (unpaired) electrons. The van der Waals surface area contributed by atoms with Gasteiger partial charge in [-0.1, -0.05) is 0 Å². The Morgan fingerprint density at radius 2 is 1.74 bits per heavy atom. The fourth-order valence-corrected chi connectivity index (χ4v) is 2.25. The van der Waals surface area contributed by atoms with Crippen molar-refractivity contribution >= 4 is 23.5 Å². The summed E-state index contributed by atoms with van der Waals surface area (Å²) in [4.78, 5) is 36.1. The van der Waals surface area contributed by atoms with Crippen molar-refractivity contribution in [3.05, 3.63) is 18.2 Å². The molecule has 9 nitrogen and oxygen atoms in total. The van der Waals surface area contributed by atoms with E-state index < -0.39 is 18.0 Å². The van der Waals surface area contributed by atoms with Crippen LogP contribution in [0.3, 0.4) is 0 Å². The average molecular weight is 381 g/mol. The SMILES string of the molecule is CCOc1ccc(NC(=O)C[NH+](C)[C@H](C)C(=O)NC(=O)NC)cc1OCC. The third kappa shape index (κ3) is 7.14. The summed E-state index contributed by atoms with van der Waals surface area (Å²) in [6.07, 6.45) is 0. The molecule has 0 spiro atoms. The van der Waals surface area contributed by atoms with Crippen LogP contribution < -0.4 is 30.3 Å². The minimum absolute atomic E-state index is 0.0551. The van der Waals surface area contributed by atoms with Gasteiger partial charge in [-0.15, -0.1) is 0 Å². The van der Waals surface area contributed by atoms with Crippen LogP contribution in [-0.2, 0) is 9.59 Å². The van der Waals surface area contributed by atoms with E-state index in [2.05, 4.69) is 16.0 Å². The van der Waals surface area contributed by atoms with E-state index in [0.29, 0.717) is 35.3 Å². The van der Waals surface area contributed by atoms with Crippen LogP contribution in [0, 0.1) is 0 Å². The summed E-state index contributed by atoms with van der Waals surface area (Å²) in [5.41, 5.74) is 0.571. The van der Waals surface area contributed by atoms with E-state index in [4.69, 9.17) is 9.47 Å². The van der Waals surface area contributed by atoms with E-state index in [0.717, 1.165) is 0 Å². The maximum Gasteiger partial charge on any atom is 0.321 e. The van der Waals surface area contributed by atoms with E-state index in [1.165, 1.54) is 7.05 Å². The van der Waals surface area contributed by atoms with Gasteiger partial charge >= 0.3 is 6.03 Å². The Kier molecular flexibility index (Phi) is 9.07. The summed E-state index contributed by atoms with van der Waals surface area (Å²) >= 11 is 0. The van der Waals surface area contributed by atoms with Crippen molar-refractivity contribution in [1.82, 2.24) is 10.6 Å². The number of anilines is 1. The highest BCUT2D eigenvalue weighted by molar-refractivity contribution is 5.96. The highest BCUT2D eigenvalue weighted by atomic mass is 16.5. The minimum atomic E-state index is -0.582. The van der Waals surface area contributed by atoms with Crippen molar-refractivity contribution in [2.45, 2.75) is 26.8 Å². The molecule has 2 atom stereocenters. The maximum absolute atomic E-state index is 12.3. The van der Waals surface area contributed by atoms with Crippen molar-refractivity contribution in [3.63, 3.8) is 0 Å². The molecule has 4 amide bonds. The number of amides is 4. The molecule has 0 saturated heterocycles. The summed E-state index contributed by atoms with van der Waals surface area (Å²) in [5, 5.41) is 7.29. The second-order valence-corrected chi connectivity index (χ2v) is 5.89. The molecule has 0 saturated carbocycles. The smallest absolute Gasteiger partial charge is 0.321 e. The van der Waals surface area contributed by atoms with Crippen LogP contribution in [0.15, 0.2) is 18.2 Å². The Morgan fingerprint density at radius 1 is 1.11 bits per heavy atom. The number of ether oxygens (including phenoxy) is 2. The number of likely N-dealkylation sites (N-methyl/N-ethyl adjacent to an activating group) is 1. The van der Waals surface area contributed by atoms with Crippen molar-refractivity contribution in [2.75, 3.05) is 39.2 Å². The molecule has 1 unspecified atom stereocenters. The second-order valence-electron chi connectivity index (χ2n) is 5.89. The Bertz CT molecular complexity index is 665. The number of imide groups is 1. The predicted molar refractivity (Wildman–Crippen MR) is 101 cm³/mol. The van der Waals surface area contributed by atoms with Gasteiger partial charge in [0.15, 0.2) is 24.1 Å². The van der Waals surface area contributed by atoms with Gasteiger partial charge in [-0.2, -0.15) is 0 Å². The molecule has 0 aromatic heterocycles. The van der Waals surface area contributed by atoms with Gasteiger partial charge in [0.25, 0.3) is 11.8 Å². The van der Waals surface area contributed by atoms with Gasteiger partial charge < -0.3 is 25.0 Å². The van der Waals surface area contributed by atoms with E-state index in [1.54, 1.807) is 32.2 Å². The lowest BCUT2D eigenvalue weighted by atomic mass is 10.2.